The Morgan fingerprint density at radius 1 is 1.50 bits per heavy atom. The van der Waals surface area contributed by atoms with Gasteiger partial charge in [0.15, 0.2) is 0 Å². The van der Waals surface area contributed by atoms with Crippen molar-refractivity contribution in [1.29, 1.82) is 0 Å². The molecular formula is C4H11NO. The van der Waals surface area contributed by atoms with Crippen molar-refractivity contribution in [1.82, 2.24) is 6.15 Å². The van der Waals surface area contributed by atoms with Crippen LogP contribution >= 0.6 is 0 Å². The Labute approximate surface area is 38.1 Å². The van der Waals surface area contributed by atoms with Gasteiger partial charge in [-0.3, -0.25) is 0 Å². The van der Waals surface area contributed by atoms with Crippen LogP contribution < -0.4 is 6.15 Å². The van der Waals surface area contributed by atoms with Crippen LogP contribution in [-0.2, 0) is 4.74 Å². The normalized spacial score (nSPS) is 19.5. The van der Waals surface area contributed by atoms with Crippen LogP contribution in [-0.4, -0.2) is 13.2 Å². The number of hydrogen-bond donors (Lipinski definition) is 1. The van der Waals surface area contributed by atoms with Gasteiger partial charge in [-0.2, -0.15) is 0 Å². The molecule has 0 heterocycles. The third-order valence-electron chi connectivity index (χ3n) is 0.858. The number of rotatable bonds is 1. The van der Waals surface area contributed by atoms with Gasteiger partial charge in [-0.1, -0.05) is 0 Å². The Morgan fingerprint density at radius 3 is 2.00 bits per heavy atom. The molecule has 0 radical (unpaired) electrons. The summed E-state index contributed by atoms with van der Waals surface area (Å²) >= 11 is 0. The number of methoxy groups -OCH3 is 1. The Balaban J connectivity index is 0.000000250. The molecular weight excluding hydrogens is 78.0 g/mol. The van der Waals surface area contributed by atoms with E-state index in [1.165, 1.54) is 12.8 Å². The van der Waals surface area contributed by atoms with Gasteiger partial charge >= 0.3 is 0 Å². The Morgan fingerprint density at radius 2 is 2.00 bits per heavy atom. The molecule has 0 saturated heterocycles. The summed E-state index contributed by atoms with van der Waals surface area (Å²) in [5, 5.41) is 0. The van der Waals surface area contributed by atoms with Gasteiger partial charge in [0.05, 0.1) is 6.10 Å². The van der Waals surface area contributed by atoms with E-state index in [-0.39, 0.29) is 6.15 Å². The number of ether oxygens (including phenoxy) is 1. The van der Waals surface area contributed by atoms with Crippen LogP contribution in [0.4, 0.5) is 0 Å². The summed E-state index contributed by atoms with van der Waals surface area (Å²) in [6.07, 6.45) is 3.21. The highest BCUT2D eigenvalue weighted by Gasteiger charge is 2.19. The first-order valence-electron chi connectivity index (χ1n) is 1.96. The maximum atomic E-state index is 4.86. The monoisotopic (exact) mass is 89.1 g/mol. The van der Waals surface area contributed by atoms with Gasteiger partial charge in [0.2, 0.25) is 0 Å². The second kappa shape index (κ2) is 2.16. The average molecular weight is 89.1 g/mol. The summed E-state index contributed by atoms with van der Waals surface area (Å²) < 4.78 is 4.86. The fraction of sp³-hybridized carbons (Fsp3) is 1.00. The number of hydrogen-bond acceptors (Lipinski definition) is 2. The standard InChI is InChI=1S/C4H8O.H3N/c1-5-4-2-3-4;/h4H,2-3H2,1H3;1H3. The van der Waals surface area contributed by atoms with Gasteiger partial charge in [0.25, 0.3) is 0 Å². The van der Waals surface area contributed by atoms with Crippen molar-refractivity contribution in [3.63, 3.8) is 0 Å². The summed E-state index contributed by atoms with van der Waals surface area (Å²) in [4.78, 5) is 0. The molecule has 2 nitrogen and oxygen atoms in total. The fourth-order valence-electron chi connectivity index (χ4n) is 0.304. The highest BCUT2D eigenvalue weighted by Crippen LogP contribution is 2.21. The van der Waals surface area contributed by atoms with E-state index in [9.17, 15) is 0 Å². The molecule has 1 aliphatic rings. The molecule has 0 aliphatic heterocycles. The largest absolute Gasteiger partial charge is 0.381 e. The quantitative estimate of drug-likeness (QED) is 0.520. The van der Waals surface area contributed by atoms with Crippen molar-refractivity contribution in [2.45, 2.75) is 18.9 Å². The predicted molar refractivity (Wildman–Crippen MR) is 25.1 cm³/mol. The fourth-order valence-corrected chi connectivity index (χ4v) is 0.304. The Kier molecular flexibility index (Phi) is 2.13. The zero-order valence-corrected chi connectivity index (χ0v) is 4.11. The topological polar surface area (TPSA) is 44.2 Å². The summed E-state index contributed by atoms with van der Waals surface area (Å²) in [6, 6.07) is 0. The lowest BCUT2D eigenvalue weighted by Crippen LogP contribution is -1.79. The Hall–Kier alpha value is -0.0800. The molecule has 6 heavy (non-hydrogen) atoms. The van der Waals surface area contributed by atoms with Crippen LogP contribution in [0.15, 0.2) is 0 Å². The molecule has 2 heteroatoms. The first-order valence-corrected chi connectivity index (χ1v) is 1.96. The maximum absolute atomic E-state index is 4.86. The van der Waals surface area contributed by atoms with Crippen molar-refractivity contribution >= 4 is 0 Å². The van der Waals surface area contributed by atoms with Crippen LogP contribution in [0.3, 0.4) is 0 Å². The van der Waals surface area contributed by atoms with E-state index in [1.807, 2.05) is 0 Å². The molecule has 38 valence electrons. The van der Waals surface area contributed by atoms with Crippen LogP contribution in [0.2, 0.25) is 0 Å². The maximum Gasteiger partial charge on any atom is 0.0573 e. The summed E-state index contributed by atoms with van der Waals surface area (Å²) in [6.45, 7) is 0. The molecule has 0 spiro atoms. The van der Waals surface area contributed by atoms with Gasteiger partial charge in [-0.05, 0) is 12.8 Å². The Bertz CT molecular complexity index is 34.5. The van der Waals surface area contributed by atoms with Gasteiger partial charge in [0.1, 0.15) is 0 Å². The van der Waals surface area contributed by atoms with E-state index in [0.29, 0.717) is 6.10 Å². The predicted octanol–water partition coefficient (Wildman–Crippen LogP) is 0.957. The molecule has 0 amide bonds. The summed E-state index contributed by atoms with van der Waals surface area (Å²) in [7, 11) is 1.76. The van der Waals surface area contributed by atoms with Crippen molar-refractivity contribution in [3.8, 4) is 0 Å². The molecule has 0 bridgehead atoms. The van der Waals surface area contributed by atoms with E-state index in [1.54, 1.807) is 7.11 Å². The minimum Gasteiger partial charge on any atom is -0.381 e. The molecule has 0 unspecified atom stereocenters. The molecule has 0 aromatic heterocycles. The second-order valence-corrected chi connectivity index (χ2v) is 1.44. The van der Waals surface area contributed by atoms with Gasteiger partial charge < -0.3 is 10.9 Å². The lowest BCUT2D eigenvalue weighted by atomic mass is 10.9. The SMILES string of the molecule is COC1CC1.N. The third-order valence-corrected chi connectivity index (χ3v) is 0.858. The van der Waals surface area contributed by atoms with Gasteiger partial charge in [-0.25, -0.2) is 0 Å². The van der Waals surface area contributed by atoms with Crippen LogP contribution in [0.5, 0.6) is 0 Å². The van der Waals surface area contributed by atoms with E-state index in [2.05, 4.69) is 0 Å². The summed E-state index contributed by atoms with van der Waals surface area (Å²) in [5.74, 6) is 0. The molecule has 1 saturated carbocycles. The third kappa shape index (κ3) is 1.38. The minimum atomic E-state index is 0. The van der Waals surface area contributed by atoms with E-state index < -0.39 is 0 Å². The van der Waals surface area contributed by atoms with Crippen LogP contribution in [0.25, 0.3) is 0 Å². The lowest BCUT2D eigenvalue weighted by Gasteiger charge is -1.80. The zero-order valence-electron chi connectivity index (χ0n) is 4.11. The van der Waals surface area contributed by atoms with E-state index >= 15 is 0 Å². The van der Waals surface area contributed by atoms with Crippen molar-refractivity contribution in [2.75, 3.05) is 7.11 Å². The zero-order chi connectivity index (χ0) is 3.70. The highest BCUT2D eigenvalue weighted by atomic mass is 16.5. The van der Waals surface area contributed by atoms with E-state index in [4.69, 9.17) is 4.74 Å². The highest BCUT2D eigenvalue weighted by molar-refractivity contribution is 4.71. The van der Waals surface area contributed by atoms with Gasteiger partial charge in [-0.15, -0.1) is 0 Å². The molecule has 1 fully saturated rings. The molecule has 0 aromatic carbocycles. The van der Waals surface area contributed by atoms with Crippen molar-refractivity contribution < 1.29 is 4.74 Å². The first kappa shape index (κ1) is 5.92. The van der Waals surface area contributed by atoms with Crippen molar-refractivity contribution in [3.05, 3.63) is 0 Å². The molecule has 1 aliphatic carbocycles. The lowest BCUT2D eigenvalue weighted by molar-refractivity contribution is 0.183. The molecule has 0 atom stereocenters. The second-order valence-electron chi connectivity index (χ2n) is 1.44. The van der Waals surface area contributed by atoms with Crippen LogP contribution in [0, 0.1) is 0 Å². The molecule has 0 aromatic rings. The minimum absolute atomic E-state index is 0. The van der Waals surface area contributed by atoms with Crippen LogP contribution in [0.1, 0.15) is 12.8 Å². The smallest absolute Gasteiger partial charge is 0.0573 e. The average Bonchev–Trinajstić information content (AvgIpc) is 2.12. The molecule has 1 rings (SSSR count). The van der Waals surface area contributed by atoms with Crippen molar-refractivity contribution in [2.24, 2.45) is 0 Å². The first-order chi connectivity index (χ1) is 2.43. The molecule has 3 N–H and O–H groups in total. The summed E-state index contributed by atoms with van der Waals surface area (Å²) in [5.41, 5.74) is 0. The van der Waals surface area contributed by atoms with E-state index in [0.717, 1.165) is 0 Å². The van der Waals surface area contributed by atoms with Gasteiger partial charge in [0, 0.05) is 7.11 Å².